The smallest absolute Gasteiger partial charge is 0.413 e. The minimum atomic E-state index is -0.508. The summed E-state index contributed by atoms with van der Waals surface area (Å²) in [7, 11) is 0. The highest BCUT2D eigenvalue weighted by Gasteiger charge is 2.25. The molecule has 0 saturated heterocycles. The Morgan fingerprint density at radius 3 is 3.12 bits per heavy atom. The Hall–Kier alpha value is -2.87. The first-order chi connectivity index (χ1) is 12.6. The summed E-state index contributed by atoms with van der Waals surface area (Å²) >= 11 is 1.39. The molecular formula is C18H18N4O3S. The molecule has 2 N–H and O–H groups in total. The van der Waals surface area contributed by atoms with Crippen molar-refractivity contribution in [1.29, 1.82) is 0 Å². The number of nitrogens with zero attached hydrogens (tertiary/aromatic N) is 2. The Kier molecular flexibility index (Phi) is 4.34. The second-order valence-electron chi connectivity index (χ2n) is 5.99. The molecule has 0 unspecified atom stereocenters. The summed E-state index contributed by atoms with van der Waals surface area (Å²) in [5.74, 6) is 0.00653. The van der Waals surface area contributed by atoms with E-state index in [1.165, 1.54) is 11.3 Å². The zero-order valence-electron chi connectivity index (χ0n) is 14.2. The lowest BCUT2D eigenvalue weighted by molar-refractivity contribution is 0.0736. The number of aromatic amines is 1. The summed E-state index contributed by atoms with van der Waals surface area (Å²) in [4.78, 5) is 34.8. The summed E-state index contributed by atoms with van der Waals surface area (Å²) in [5.41, 5.74) is 2.63. The molecule has 1 aliphatic heterocycles. The van der Waals surface area contributed by atoms with Crippen molar-refractivity contribution in [3.63, 3.8) is 0 Å². The molecule has 0 spiro atoms. The molecule has 3 heterocycles. The van der Waals surface area contributed by atoms with Crippen LogP contribution in [-0.4, -0.2) is 40.0 Å². The third-order valence-electron chi connectivity index (χ3n) is 4.30. The van der Waals surface area contributed by atoms with Gasteiger partial charge in [0.15, 0.2) is 5.13 Å². The van der Waals surface area contributed by atoms with Crippen LogP contribution in [0.1, 0.15) is 27.9 Å². The minimum Gasteiger partial charge on any atom is -0.450 e. The Balaban J connectivity index is 1.49. The first kappa shape index (κ1) is 16.6. The largest absolute Gasteiger partial charge is 0.450 e. The number of ether oxygens (including phenoxy) is 1. The number of anilines is 1. The van der Waals surface area contributed by atoms with E-state index in [-0.39, 0.29) is 5.91 Å². The predicted molar refractivity (Wildman–Crippen MR) is 99.5 cm³/mol. The first-order valence-corrected chi connectivity index (χ1v) is 9.24. The van der Waals surface area contributed by atoms with Crippen LogP contribution in [0.25, 0.3) is 10.9 Å². The Morgan fingerprint density at radius 2 is 2.27 bits per heavy atom. The normalized spacial score (nSPS) is 13.5. The van der Waals surface area contributed by atoms with Crippen molar-refractivity contribution in [2.45, 2.75) is 19.9 Å². The van der Waals surface area contributed by atoms with E-state index >= 15 is 0 Å². The van der Waals surface area contributed by atoms with Crippen LogP contribution < -0.4 is 5.32 Å². The number of thiazole rings is 1. The van der Waals surface area contributed by atoms with Gasteiger partial charge in [0.25, 0.3) is 5.91 Å². The van der Waals surface area contributed by atoms with Gasteiger partial charge in [-0.2, -0.15) is 0 Å². The molecule has 0 aliphatic carbocycles. The third kappa shape index (κ3) is 3.15. The van der Waals surface area contributed by atoms with Crippen molar-refractivity contribution in [3.8, 4) is 0 Å². The molecule has 134 valence electrons. The second-order valence-corrected chi connectivity index (χ2v) is 7.07. The van der Waals surface area contributed by atoms with Gasteiger partial charge in [0.05, 0.1) is 18.8 Å². The number of carbonyl (C=O) groups is 2. The fraction of sp³-hybridized carbons (Fsp3) is 0.278. The molecular weight excluding hydrogens is 352 g/mol. The molecule has 0 saturated carbocycles. The Morgan fingerprint density at radius 1 is 1.38 bits per heavy atom. The molecule has 7 nitrogen and oxygen atoms in total. The maximum absolute atomic E-state index is 12.9. The van der Waals surface area contributed by atoms with Crippen LogP contribution in [0.4, 0.5) is 9.93 Å². The zero-order chi connectivity index (χ0) is 18.1. The number of amides is 2. The van der Waals surface area contributed by atoms with Crippen LogP contribution in [0, 0.1) is 0 Å². The lowest BCUT2D eigenvalue weighted by atomic mass is 10.1. The predicted octanol–water partition coefficient (Wildman–Crippen LogP) is 3.39. The number of hydrogen-bond donors (Lipinski definition) is 2. The van der Waals surface area contributed by atoms with Crippen molar-refractivity contribution in [2.24, 2.45) is 0 Å². The van der Waals surface area contributed by atoms with Crippen LogP contribution in [0.3, 0.4) is 0 Å². The van der Waals surface area contributed by atoms with E-state index in [0.717, 1.165) is 21.5 Å². The van der Waals surface area contributed by atoms with Gasteiger partial charge < -0.3 is 14.6 Å². The fourth-order valence-corrected chi connectivity index (χ4v) is 4.06. The number of fused-ring (bicyclic) bond motifs is 2. The van der Waals surface area contributed by atoms with Crippen molar-refractivity contribution >= 4 is 39.4 Å². The van der Waals surface area contributed by atoms with Crippen LogP contribution in [0.2, 0.25) is 0 Å². The lowest BCUT2D eigenvalue weighted by Gasteiger charge is -2.26. The molecule has 1 aliphatic rings. The molecule has 2 aromatic heterocycles. The van der Waals surface area contributed by atoms with Crippen molar-refractivity contribution in [3.05, 3.63) is 46.6 Å². The van der Waals surface area contributed by atoms with Gasteiger partial charge in [-0.3, -0.25) is 10.1 Å². The number of nitrogens with one attached hydrogen (secondary N) is 2. The maximum Gasteiger partial charge on any atom is 0.413 e. The van der Waals surface area contributed by atoms with Crippen LogP contribution in [0.5, 0.6) is 0 Å². The SMILES string of the molecule is CCOC(=O)Nc1nc2c(s1)CN(C(=O)c1ccc3[nH]ccc3c1)CC2. The van der Waals surface area contributed by atoms with Crippen LogP contribution >= 0.6 is 11.3 Å². The summed E-state index contributed by atoms with van der Waals surface area (Å²) in [6.07, 6.45) is 2.03. The number of benzene rings is 1. The van der Waals surface area contributed by atoms with Crippen LogP contribution in [-0.2, 0) is 17.7 Å². The van der Waals surface area contributed by atoms with E-state index in [1.54, 1.807) is 6.92 Å². The van der Waals surface area contributed by atoms with E-state index in [0.29, 0.717) is 36.8 Å². The molecule has 0 bridgehead atoms. The molecule has 0 radical (unpaired) electrons. The van der Waals surface area contributed by atoms with E-state index in [2.05, 4.69) is 15.3 Å². The number of rotatable bonds is 3. The zero-order valence-corrected chi connectivity index (χ0v) is 15.1. The molecule has 2 amide bonds. The number of aromatic nitrogens is 2. The minimum absolute atomic E-state index is 0.00653. The first-order valence-electron chi connectivity index (χ1n) is 8.43. The highest BCUT2D eigenvalue weighted by atomic mass is 32.1. The lowest BCUT2D eigenvalue weighted by Crippen LogP contribution is -2.35. The van der Waals surface area contributed by atoms with Gasteiger partial charge in [-0.15, -0.1) is 0 Å². The molecule has 0 fully saturated rings. The van der Waals surface area contributed by atoms with Gasteiger partial charge >= 0.3 is 6.09 Å². The van der Waals surface area contributed by atoms with Gasteiger partial charge in [-0.25, -0.2) is 9.78 Å². The summed E-state index contributed by atoms with van der Waals surface area (Å²) < 4.78 is 4.87. The van der Waals surface area contributed by atoms with Crippen molar-refractivity contribution < 1.29 is 14.3 Å². The quantitative estimate of drug-likeness (QED) is 0.740. The number of H-pyrrole nitrogens is 1. The van der Waals surface area contributed by atoms with Gasteiger partial charge in [-0.05, 0) is 31.2 Å². The van der Waals surface area contributed by atoms with E-state index in [9.17, 15) is 9.59 Å². The van der Waals surface area contributed by atoms with Crippen molar-refractivity contribution in [2.75, 3.05) is 18.5 Å². The molecule has 26 heavy (non-hydrogen) atoms. The van der Waals surface area contributed by atoms with Gasteiger partial charge in [0.1, 0.15) is 0 Å². The monoisotopic (exact) mass is 370 g/mol. The number of hydrogen-bond acceptors (Lipinski definition) is 5. The molecule has 3 aromatic rings. The van der Waals surface area contributed by atoms with E-state index in [1.807, 2.05) is 35.4 Å². The van der Waals surface area contributed by atoms with Gasteiger partial charge in [0, 0.05) is 40.5 Å². The van der Waals surface area contributed by atoms with E-state index < -0.39 is 6.09 Å². The van der Waals surface area contributed by atoms with Crippen molar-refractivity contribution in [1.82, 2.24) is 14.9 Å². The molecule has 8 heteroatoms. The summed E-state index contributed by atoms with van der Waals surface area (Å²) in [5, 5.41) is 4.16. The summed E-state index contributed by atoms with van der Waals surface area (Å²) in [6.45, 7) is 3.17. The standard InChI is InChI=1S/C18H18N4O3S/c1-2-25-18(24)21-17-20-14-6-8-22(10-15(14)26-17)16(23)12-3-4-13-11(9-12)5-7-19-13/h3-5,7,9,19H,2,6,8,10H2,1H3,(H,20,21,24). The molecule has 0 atom stereocenters. The highest BCUT2D eigenvalue weighted by Crippen LogP contribution is 2.29. The Bertz CT molecular complexity index is 978. The van der Waals surface area contributed by atoms with Crippen LogP contribution in [0.15, 0.2) is 30.5 Å². The average molecular weight is 370 g/mol. The second kappa shape index (κ2) is 6.80. The average Bonchev–Trinajstić information content (AvgIpc) is 3.25. The number of carbonyl (C=O) groups excluding carboxylic acids is 2. The van der Waals surface area contributed by atoms with Gasteiger partial charge in [-0.1, -0.05) is 11.3 Å². The summed E-state index contributed by atoms with van der Waals surface area (Å²) in [6, 6.07) is 7.63. The van der Waals surface area contributed by atoms with Gasteiger partial charge in [0.2, 0.25) is 0 Å². The van der Waals surface area contributed by atoms with E-state index in [4.69, 9.17) is 4.74 Å². The molecule has 4 rings (SSSR count). The maximum atomic E-state index is 12.9. The Labute approximate surface area is 154 Å². The third-order valence-corrected chi connectivity index (χ3v) is 5.30. The molecule has 1 aromatic carbocycles. The topological polar surface area (TPSA) is 87.3 Å². The fourth-order valence-electron chi connectivity index (χ4n) is 3.05. The highest BCUT2D eigenvalue weighted by molar-refractivity contribution is 7.15.